The second-order valence-electron chi connectivity index (χ2n) is 3.60. The van der Waals surface area contributed by atoms with Gasteiger partial charge in [0.1, 0.15) is 5.92 Å². The van der Waals surface area contributed by atoms with Crippen LogP contribution < -0.4 is 0 Å². The molecule has 0 fully saturated rings. The number of ketones is 1. The Morgan fingerprint density at radius 2 is 2.14 bits per heavy atom. The average molecular weight is 185 g/mol. The lowest BCUT2D eigenvalue weighted by Gasteiger charge is -2.04. The maximum Gasteiger partial charge on any atom is 0.180 e. The summed E-state index contributed by atoms with van der Waals surface area (Å²) in [6.07, 6.45) is 2.55. The molecule has 0 saturated heterocycles. The zero-order valence-corrected chi connectivity index (χ0v) is 7.86. The maximum atomic E-state index is 11.8. The molecule has 70 valence electrons. The molecule has 0 amide bonds. The van der Waals surface area contributed by atoms with Crippen molar-refractivity contribution >= 4 is 5.78 Å². The Kier molecular flexibility index (Phi) is 2.32. The van der Waals surface area contributed by atoms with E-state index in [1.807, 2.05) is 24.3 Å². The summed E-state index contributed by atoms with van der Waals surface area (Å²) in [4.78, 5) is 11.8. The first kappa shape index (κ1) is 8.96. The molecule has 0 bridgehead atoms. The Morgan fingerprint density at radius 3 is 2.93 bits per heavy atom. The fraction of sp³-hybridized carbons (Fsp3) is 0.333. The zero-order valence-electron chi connectivity index (χ0n) is 7.86. The summed E-state index contributed by atoms with van der Waals surface area (Å²) in [5.41, 5.74) is 1.84. The molecule has 1 unspecified atom stereocenters. The van der Waals surface area contributed by atoms with Gasteiger partial charge in [-0.3, -0.25) is 4.79 Å². The fourth-order valence-corrected chi connectivity index (χ4v) is 1.92. The molecule has 2 rings (SSSR count). The van der Waals surface area contributed by atoms with Crippen molar-refractivity contribution in [2.24, 2.45) is 5.92 Å². The molecule has 2 nitrogen and oxygen atoms in total. The Morgan fingerprint density at radius 1 is 1.36 bits per heavy atom. The highest BCUT2D eigenvalue weighted by atomic mass is 16.1. The number of nitriles is 1. The SMILES string of the molecule is N#CC1CCCc2ccccc2C1=O. The highest BCUT2D eigenvalue weighted by Crippen LogP contribution is 2.23. The van der Waals surface area contributed by atoms with Crippen molar-refractivity contribution < 1.29 is 4.79 Å². The first-order valence-corrected chi connectivity index (χ1v) is 4.84. The molecule has 0 saturated carbocycles. The first-order chi connectivity index (χ1) is 6.83. The van der Waals surface area contributed by atoms with Crippen LogP contribution in [-0.2, 0) is 6.42 Å². The molecule has 0 N–H and O–H groups in total. The third kappa shape index (κ3) is 1.42. The number of hydrogen-bond donors (Lipinski definition) is 0. The molecule has 14 heavy (non-hydrogen) atoms. The normalized spacial score (nSPS) is 20.8. The number of carbonyl (C=O) groups excluding carboxylic acids is 1. The van der Waals surface area contributed by atoms with E-state index >= 15 is 0 Å². The molecule has 0 aliphatic heterocycles. The van der Waals surface area contributed by atoms with Crippen molar-refractivity contribution in [3.63, 3.8) is 0 Å². The number of Topliss-reactive ketones (excluding diaryl/α,β-unsaturated/α-hetero) is 1. The molecule has 2 heteroatoms. The third-order valence-corrected chi connectivity index (χ3v) is 2.69. The number of carbonyl (C=O) groups is 1. The molecule has 0 aromatic heterocycles. The monoisotopic (exact) mass is 185 g/mol. The van der Waals surface area contributed by atoms with E-state index in [1.165, 1.54) is 0 Å². The van der Waals surface area contributed by atoms with Gasteiger partial charge in [0.25, 0.3) is 0 Å². The van der Waals surface area contributed by atoms with Crippen LogP contribution in [-0.4, -0.2) is 5.78 Å². The van der Waals surface area contributed by atoms with Gasteiger partial charge in [-0.05, 0) is 24.8 Å². The second-order valence-corrected chi connectivity index (χ2v) is 3.60. The minimum Gasteiger partial charge on any atom is -0.293 e. The molecule has 1 aliphatic rings. The summed E-state index contributed by atoms with van der Waals surface area (Å²) in [6.45, 7) is 0. The van der Waals surface area contributed by atoms with Gasteiger partial charge in [-0.1, -0.05) is 24.3 Å². The van der Waals surface area contributed by atoms with Gasteiger partial charge in [-0.25, -0.2) is 0 Å². The smallest absolute Gasteiger partial charge is 0.180 e. The van der Waals surface area contributed by atoms with Crippen LogP contribution in [0.2, 0.25) is 0 Å². The van der Waals surface area contributed by atoms with Crippen LogP contribution in [0.5, 0.6) is 0 Å². The number of fused-ring (bicyclic) bond motifs is 1. The highest BCUT2D eigenvalue weighted by molar-refractivity contribution is 6.00. The van der Waals surface area contributed by atoms with E-state index in [-0.39, 0.29) is 5.78 Å². The van der Waals surface area contributed by atoms with Crippen LogP contribution in [0.3, 0.4) is 0 Å². The van der Waals surface area contributed by atoms with E-state index in [2.05, 4.69) is 6.07 Å². The van der Waals surface area contributed by atoms with Gasteiger partial charge in [-0.15, -0.1) is 0 Å². The summed E-state index contributed by atoms with van der Waals surface area (Å²) in [6, 6.07) is 9.69. The van der Waals surface area contributed by atoms with E-state index in [0.717, 1.165) is 24.0 Å². The van der Waals surface area contributed by atoms with Crippen molar-refractivity contribution in [1.29, 1.82) is 5.26 Å². The lowest BCUT2D eigenvalue weighted by atomic mass is 9.96. The standard InChI is InChI=1S/C12H11NO/c13-8-10-6-3-5-9-4-1-2-7-11(9)12(10)14/h1-2,4,7,10H,3,5-6H2. The molecule has 1 aromatic rings. The van der Waals surface area contributed by atoms with Crippen LogP contribution >= 0.6 is 0 Å². The number of benzene rings is 1. The van der Waals surface area contributed by atoms with Gasteiger partial charge < -0.3 is 0 Å². The van der Waals surface area contributed by atoms with Gasteiger partial charge in [0.05, 0.1) is 6.07 Å². The van der Waals surface area contributed by atoms with E-state index < -0.39 is 5.92 Å². The van der Waals surface area contributed by atoms with Crippen LogP contribution in [0.25, 0.3) is 0 Å². The highest BCUT2D eigenvalue weighted by Gasteiger charge is 2.24. The van der Waals surface area contributed by atoms with Gasteiger partial charge in [0, 0.05) is 5.56 Å². The van der Waals surface area contributed by atoms with E-state index in [1.54, 1.807) is 0 Å². The fourth-order valence-electron chi connectivity index (χ4n) is 1.92. The number of hydrogen-bond acceptors (Lipinski definition) is 2. The van der Waals surface area contributed by atoms with E-state index in [4.69, 9.17) is 5.26 Å². The lowest BCUT2D eigenvalue weighted by molar-refractivity contribution is 0.0946. The summed E-state index contributed by atoms with van der Waals surface area (Å²) >= 11 is 0. The molecule has 0 spiro atoms. The summed E-state index contributed by atoms with van der Waals surface area (Å²) in [5.74, 6) is -0.431. The summed E-state index contributed by atoms with van der Waals surface area (Å²) in [5, 5.41) is 8.84. The number of aryl methyl sites for hydroxylation is 1. The molecular formula is C12H11NO. The average Bonchev–Trinajstić information content (AvgIpc) is 2.39. The van der Waals surface area contributed by atoms with Crippen molar-refractivity contribution in [2.45, 2.75) is 19.3 Å². The van der Waals surface area contributed by atoms with E-state index in [0.29, 0.717) is 6.42 Å². The topological polar surface area (TPSA) is 40.9 Å². The Bertz CT molecular complexity index is 403. The molecule has 1 aliphatic carbocycles. The molecule has 1 atom stereocenters. The number of nitrogens with zero attached hydrogens (tertiary/aromatic N) is 1. The number of rotatable bonds is 0. The van der Waals surface area contributed by atoms with Crippen LogP contribution in [0, 0.1) is 17.2 Å². The summed E-state index contributed by atoms with van der Waals surface area (Å²) in [7, 11) is 0. The molecule has 0 radical (unpaired) electrons. The Balaban J connectivity index is 2.46. The molecular weight excluding hydrogens is 174 g/mol. The minimum atomic E-state index is -0.432. The largest absolute Gasteiger partial charge is 0.293 e. The van der Waals surface area contributed by atoms with Gasteiger partial charge >= 0.3 is 0 Å². The van der Waals surface area contributed by atoms with Crippen molar-refractivity contribution in [3.8, 4) is 6.07 Å². The summed E-state index contributed by atoms with van der Waals surface area (Å²) < 4.78 is 0. The first-order valence-electron chi connectivity index (χ1n) is 4.84. The lowest BCUT2D eigenvalue weighted by Crippen LogP contribution is -2.11. The van der Waals surface area contributed by atoms with Gasteiger partial charge in [0.2, 0.25) is 0 Å². The second kappa shape index (κ2) is 3.63. The van der Waals surface area contributed by atoms with Gasteiger partial charge in [-0.2, -0.15) is 5.26 Å². The van der Waals surface area contributed by atoms with E-state index in [9.17, 15) is 4.79 Å². The third-order valence-electron chi connectivity index (χ3n) is 2.69. The maximum absolute atomic E-state index is 11.8. The minimum absolute atomic E-state index is 0.000556. The van der Waals surface area contributed by atoms with Crippen LogP contribution in [0.4, 0.5) is 0 Å². The van der Waals surface area contributed by atoms with Crippen LogP contribution in [0.15, 0.2) is 24.3 Å². The van der Waals surface area contributed by atoms with Crippen molar-refractivity contribution in [1.82, 2.24) is 0 Å². The Hall–Kier alpha value is -1.62. The van der Waals surface area contributed by atoms with Crippen molar-refractivity contribution in [3.05, 3.63) is 35.4 Å². The predicted molar refractivity (Wildman–Crippen MR) is 52.8 cm³/mol. The molecule has 0 heterocycles. The van der Waals surface area contributed by atoms with Crippen LogP contribution in [0.1, 0.15) is 28.8 Å². The van der Waals surface area contributed by atoms with Gasteiger partial charge in [0.15, 0.2) is 5.78 Å². The Labute approximate surface area is 83.2 Å². The van der Waals surface area contributed by atoms with Crippen molar-refractivity contribution in [2.75, 3.05) is 0 Å². The predicted octanol–water partition coefficient (Wildman–Crippen LogP) is 2.35. The quantitative estimate of drug-likeness (QED) is 0.582. The zero-order chi connectivity index (χ0) is 9.97. The molecule has 1 aromatic carbocycles.